The molecule has 2 aromatic carbocycles. The summed E-state index contributed by atoms with van der Waals surface area (Å²) in [6.45, 7) is 7.69. The Bertz CT molecular complexity index is 734. The van der Waals surface area contributed by atoms with Gasteiger partial charge in [0.15, 0.2) is 0 Å². The molecule has 0 aliphatic heterocycles. The SMILES string of the molecule is CCCCCCCCCCOc1ccc(-c2ccc(C(=O)OC[C@@H](C)CC)cc2)cc1. The molecule has 170 valence electrons. The lowest BCUT2D eigenvalue weighted by Crippen LogP contribution is -2.11. The second-order valence-electron chi connectivity index (χ2n) is 8.54. The normalized spacial score (nSPS) is 11.8. The topological polar surface area (TPSA) is 35.5 Å². The Morgan fingerprint density at radius 1 is 0.774 bits per heavy atom. The van der Waals surface area contributed by atoms with Crippen LogP contribution >= 0.6 is 0 Å². The first-order valence-electron chi connectivity index (χ1n) is 12.1. The fourth-order valence-corrected chi connectivity index (χ4v) is 3.39. The number of benzene rings is 2. The van der Waals surface area contributed by atoms with Gasteiger partial charge in [-0.3, -0.25) is 0 Å². The van der Waals surface area contributed by atoms with E-state index in [1.807, 2.05) is 36.4 Å². The zero-order valence-electron chi connectivity index (χ0n) is 19.7. The molecule has 0 amide bonds. The Labute approximate surface area is 189 Å². The second-order valence-corrected chi connectivity index (χ2v) is 8.54. The summed E-state index contributed by atoms with van der Waals surface area (Å²) in [5, 5.41) is 0. The molecule has 2 aromatic rings. The Kier molecular flexibility index (Phi) is 11.8. The van der Waals surface area contributed by atoms with Crippen LogP contribution in [0.5, 0.6) is 5.75 Å². The highest BCUT2D eigenvalue weighted by atomic mass is 16.5. The van der Waals surface area contributed by atoms with Gasteiger partial charge in [-0.2, -0.15) is 0 Å². The van der Waals surface area contributed by atoms with E-state index in [2.05, 4.69) is 32.9 Å². The molecule has 0 unspecified atom stereocenters. The molecule has 0 aliphatic carbocycles. The number of unbranched alkanes of at least 4 members (excludes halogenated alkanes) is 7. The van der Waals surface area contributed by atoms with Crippen molar-refractivity contribution in [3.63, 3.8) is 0 Å². The van der Waals surface area contributed by atoms with Gasteiger partial charge in [-0.25, -0.2) is 4.79 Å². The highest BCUT2D eigenvalue weighted by Gasteiger charge is 2.09. The Morgan fingerprint density at radius 3 is 1.90 bits per heavy atom. The summed E-state index contributed by atoms with van der Waals surface area (Å²) in [6, 6.07) is 15.8. The third-order valence-electron chi connectivity index (χ3n) is 5.77. The van der Waals surface area contributed by atoms with Gasteiger partial charge >= 0.3 is 5.97 Å². The van der Waals surface area contributed by atoms with E-state index >= 15 is 0 Å². The second kappa shape index (κ2) is 14.7. The molecule has 0 spiro atoms. The van der Waals surface area contributed by atoms with Gasteiger partial charge in [0.25, 0.3) is 0 Å². The molecule has 1 atom stereocenters. The zero-order chi connectivity index (χ0) is 22.3. The minimum atomic E-state index is -0.253. The van der Waals surface area contributed by atoms with Crippen molar-refractivity contribution in [1.82, 2.24) is 0 Å². The molecular weight excluding hydrogens is 384 g/mol. The Balaban J connectivity index is 1.72. The maximum Gasteiger partial charge on any atom is 0.338 e. The van der Waals surface area contributed by atoms with Crippen LogP contribution in [0.1, 0.15) is 88.9 Å². The standard InChI is InChI=1S/C28H40O3/c1-4-6-7-8-9-10-11-12-21-30-27-19-17-25(18-20-27)24-13-15-26(16-14-24)28(29)31-22-23(3)5-2/h13-20,23H,4-12,21-22H2,1-3H3/t23-/m0/s1. The van der Waals surface area contributed by atoms with Crippen LogP contribution in [-0.2, 0) is 4.74 Å². The molecule has 0 aliphatic rings. The fraction of sp³-hybridized carbons (Fsp3) is 0.536. The zero-order valence-corrected chi connectivity index (χ0v) is 19.7. The number of hydrogen-bond acceptors (Lipinski definition) is 3. The largest absolute Gasteiger partial charge is 0.494 e. The number of esters is 1. The summed E-state index contributed by atoms with van der Waals surface area (Å²) in [5.74, 6) is 1.05. The van der Waals surface area contributed by atoms with E-state index < -0.39 is 0 Å². The van der Waals surface area contributed by atoms with E-state index in [1.54, 1.807) is 0 Å². The van der Waals surface area contributed by atoms with Gasteiger partial charge in [0, 0.05) is 0 Å². The smallest absolute Gasteiger partial charge is 0.338 e. The predicted octanol–water partition coefficient (Wildman–Crippen LogP) is 8.08. The van der Waals surface area contributed by atoms with Crippen molar-refractivity contribution >= 4 is 5.97 Å². The van der Waals surface area contributed by atoms with Gasteiger partial charge in [0.2, 0.25) is 0 Å². The van der Waals surface area contributed by atoms with Crippen LogP contribution in [0.3, 0.4) is 0 Å². The summed E-state index contributed by atoms with van der Waals surface area (Å²) >= 11 is 0. The summed E-state index contributed by atoms with van der Waals surface area (Å²) in [6.07, 6.45) is 11.5. The highest BCUT2D eigenvalue weighted by Crippen LogP contribution is 2.23. The number of rotatable bonds is 15. The molecule has 31 heavy (non-hydrogen) atoms. The molecule has 0 aromatic heterocycles. The summed E-state index contributed by atoms with van der Waals surface area (Å²) in [5.41, 5.74) is 2.78. The Morgan fingerprint density at radius 2 is 1.32 bits per heavy atom. The lowest BCUT2D eigenvalue weighted by molar-refractivity contribution is 0.0447. The Hall–Kier alpha value is -2.29. The number of carbonyl (C=O) groups is 1. The van der Waals surface area contributed by atoms with Crippen LogP contribution in [-0.4, -0.2) is 19.2 Å². The fourth-order valence-electron chi connectivity index (χ4n) is 3.39. The van der Waals surface area contributed by atoms with E-state index in [0.29, 0.717) is 18.1 Å². The van der Waals surface area contributed by atoms with Gasteiger partial charge in [0.05, 0.1) is 18.8 Å². The van der Waals surface area contributed by atoms with Crippen molar-refractivity contribution < 1.29 is 14.3 Å². The number of ether oxygens (including phenoxy) is 2. The van der Waals surface area contributed by atoms with Crippen molar-refractivity contribution in [1.29, 1.82) is 0 Å². The van der Waals surface area contributed by atoms with Crippen LogP contribution in [0.2, 0.25) is 0 Å². The van der Waals surface area contributed by atoms with Crippen LogP contribution in [0.4, 0.5) is 0 Å². The maximum absolute atomic E-state index is 12.1. The average molecular weight is 425 g/mol. The van der Waals surface area contributed by atoms with E-state index in [9.17, 15) is 4.79 Å². The summed E-state index contributed by atoms with van der Waals surface area (Å²) in [4.78, 5) is 12.1. The lowest BCUT2D eigenvalue weighted by Gasteiger charge is -2.10. The molecule has 2 rings (SSSR count). The summed E-state index contributed by atoms with van der Waals surface area (Å²) in [7, 11) is 0. The van der Waals surface area contributed by atoms with E-state index in [0.717, 1.165) is 36.3 Å². The first-order valence-corrected chi connectivity index (χ1v) is 12.1. The van der Waals surface area contributed by atoms with Crippen molar-refractivity contribution in [2.75, 3.05) is 13.2 Å². The number of carbonyl (C=O) groups excluding carboxylic acids is 1. The third-order valence-corrected chi connectivity index (χ3v) is 5.77. The van der Waals surface area contributed by atoms with Gasteiger partial charge in [0.1, 0.15) is 5.75 Å². The van der Waals surface area contributed by atoms with E-state index in [-0.39, 0.29) is 5.97 Å². The van der Waals surface area contributed by atoms with Crippen LogP contribution < -0.4 is 4.74 Å². The van der Waals surface area contributed by atoms with Crippen LogP contribution in [0.15, 0.2) is 48.5 Å². The third kappa shape index (κ3) is 9.59. The summed E-state index contributed by atoms with van der Waals surface area (Å²) < 4.78 is 11.3. The van der Waals surface area contributed by atoms with Crippen molar-refractivity contribution in [2.24, 2.45) is 5.92 Å². The van der Waals surface area contributed by atoms with Gasteiger partial charge in [-0.15, -0.1) is 0 Å². The van der Waals surface area contributed by atoms with E-state index in [1.165, 1.54) is 44.9 Å². The minimum Gasteiger partial charge on any atom is -0.494 e. The molecular formula is C28H40O3. The van der Waals surface area contributed by atoms with Gasteiger partial charge < -0.3 is 9.47 Å². The molecule has 0 heterocycles. The van der Waals surface area contributed by atoms with Crippen molar-refractivity contribution in [2.45, 2.75) is 78.6 Å². The first kappa shape index (κ1) is 25.0. The number of hydrogen-bond donors (Lipinski definition) is 0. The molecule has 0 saturated heterocycles. The highest BCUT2D eigenvalue weighted by molar-refractivity contribution is 5.90. The molecule has 3 nitrogen and oxygen atoms in total. The monoisotopic (exact) mass is 424 g/mol. The predicted molar refractivity (Wildman–Crippen MR) is 130 cm³/mol. The van der Waals surface area contributed by atoms with Crippen molar-refractivity contribution in [3.8, 4) is 16.9 Å². The van der Waals surface area contributed by atoms with E-state index in [4.69, 9.17) is 9.47 Å². The van der Waals surface area contributed by atoms with Crippen LogP contribution in [0, 0.1) is 5.92 Å². The van der Waals surface area contributed by atoms with Gasteiger partial charge in [-0.05, 0) is 47.7 Å². The average Bonchev–Trinajstić information content (AvgIpc) is 2.81. The lowest BCUT2D eigenvalue weighted by atomic mass is 10.0. The van der Waals surface area contributed by atoms with Gasteiger partial charge in [-0.1, -0.05) is 96.4 Å². The molecule has 0 N–H and O–H groups in total. The van der Waals surface area contributed by atoms with Crippen molar-refractivity contribution in [3.05, 3.63) is 54.1 Å². The van der Waals surface area contributed by atoms with Crippen LogP contribution in [0.25, 0.3) is 11.1 Å². The molecule has 0 fully saturated rings. The molecule has 0 radical (unpaired) electrons. The first-order chi connectivity index (χ1) is 15.1. The molecule has 3 heteroatoms. The molecule has 0 bridgehead atoms. The maximum atomic E-state index is 12.1. The quantitative estimate of drug-likeness (QED) is 0.214. The minimum absolute atomic E-state index is 0.253. The molecule has 0 saturated carbocycles.